The number of benzene rings is 1. The molecule has 3 heteroatoms. The van der Waals surface area contributed by atoms with Gasteiger partial charge in [-0.15, -0.1) is 11.6 Å². The Morgan fingerprint density at radius 1 is 1.44 bits per heavy atom. The number of halogens is 2. The molecule has 0 radical (unpaired) electrons. The predicted molar refractivity (Wildman–Crippen MR) is 73.4 cm³/mol. The Morgan fingerprint density at radius 3 is 2.62 bits per heavy atom. The monoisotopic (exact) mass is 304 g/mol. The fourth-order valence-electron chi connectivity index (χ4n) is 1.77. The van der Waals surface area contributed by atoms with Crippen LogP contribution in [-0.2, 0) is 0 Å². The molecule has 0 saturated carbocycles. The van der Waals surface area contributed by atoms with E-state index in [1.54, 1.807) is 7.11 Å². The summed E-state index contributed by atoms with van der Waals surface area (Å²) in [5, 5.41) is 0.0558. The number of ether oxygens (including phenoxy) is 1. The quantitative estimate of drug-likeness (QED) is 0.682. The maximum absolute atomic E-state index is 6.47. The van der Waals surface area contributed by atoms with E-state index in [-0.39, 0.29) is 5.38 Å². The molecule has 0 fully saturated rings. The van der Waals surface area contributed by atoms with Crippen LogP contribution in [0.5, 0.6) is 5.75 Å². The van der Waals surface area contributed by atoms with E-state index in [2.05, 4.69) is 29.8 Å². The van der Waals surface area contributed by atoms with Crippen molar-refractivity contribution in [1.29, 1.82) is 0 Å². The summed E-state index contributed by atoms with van der Waals surface area (Å²) < 4.78 is 6.19. The summed E-state index contributed by atoms with van der Waals surface area (Å²) >= 11 is 10.0. The lowest BCUT2D eigenvalue weighted by atomic mass is 9.96. The van der Waals surface area contributed by atoms with Crippen molar-refractivity contribution >= 4 is 27.5 Å². The Bertz CT molecular complexity index is 341. The average Bonchev–Trinajstić information content (AvgIpc) is 2.28. The van der Waals surface area contributed by atoms with Gasteiger partial charge < -0.3 is 4.74 Å². The van der Waals surface area contributed by atoms with Crippen molar-refractivity contribution in [2.75, 3.05) is 7.11 Å². The van der Waals surface area contributed by atoms with E-state index in [1.807, 2.05) is 18.2 Å². The van der Waals surface area contributed by atoms with Gasteiger partial charge in [0.25, 0.3) is 0 Å². The first-order valence-corrected chi connectivity index (χ1v) is 6.80. The average molecular weight is 306 g/mol. The second-order valence-corrected chi connectivity index (χ2v) is 5.38. The molecule has 90 valence electrons. The highest BCUT2D eigenvalue weighted by atomic mass is 79.9. The molecule has 0 aliphatic rings. The van der Waals surface area contributed by atoms with Crippen LogP contribution < -0.4 is 4.74 Å². The molecule has 1 rings (SSSR count). The Hall–Kier alpha value is -0.210. The van der Waals surface area contributed by atoms with E-state index < -0.39 is 0 Å². The van der Waals surface area contributed by atoms with Crippen LogP contribution >= 0.6 is 27.5 Å². The maximum Gasteiger partial charge on any atom is 0.120 e. The van der Waals surface area contributed by atoms with Gasteiger partial charge in [-0.3, -0.25) is 0 Å². The third-order valence-corrected chi connectivity index (χ3v) is 4.10. The predicted octanol–water partition coefficient (Wildman–Crippen LogP) is 5.17. The van der Waals surface area contributed by atoms with Crippen molar-refractivity contribution in [2.24, 2.45) is 5.92 Å². The van der Waals surface area contributed by atoms with E-state index in [1.165, 1.54) is 0 Å². The maximum atomic E-state index is 6.47. The summed E-state index contributed by atoms with van der Waals surface area (Å²) in [5.74, 6) is 1.33. The number of methoxy groups -OCH3 is 1. The van der Waals surface area contributed by atoms with Crippen molar-refractivity contribution in [3.8, 4) is 5.75 Å². The molecule has 2 atom stereocenters. The molecular formula is C13H18BrClO. The third kappa shape index (κ3) is 3.39. The lowest BCUT2D eigenvalue weighted by Gasteiger charge is -2.19. The van der Waals surface area contributed by atoms with E-state index in [0.717, 1.165) is 28.6 Å². The fraction of sp³-hybridized carbons (Fsp3) is 0.538. The summed E-state index contributed by atoms with van der Waals surface area (Å²) in [7, 11) is 1.67. The number of rotatable bonds is 5. The minimum absolute atomic E-state index is 0.0558. The van der Waals surface area contributed by atoms with Gasteiger partial charge in [0.05, 0.1) is 12.5 Å². The molecule has 0 bridgehead atoms. The molecule has 0 aliphatic heterocycles. The highest BCUT2D eigenvalue weighted by molar-refractivity contribution is 9.10. The van der Waals surface area contributed by atoms with Crippen LogP contribution in [0.25, 0.3) is 0 Å². The van der Waals surface area contributed by atoms with Gasteiger partial charge in [-0.25, -0.2) is 0 Å². The summed E-state index contributed by atoms with van der Waals surface area (Å²) in [6, 6.07) is 5.95. The van der Waals surface area contributed by atoms with E-state index >= 15 is 0 Å². The first-order valence-electron chi connectivity index (χ1n) is 5.57. The Morgan fingerprint density at radius 2 is 2.12 bits per heavy atom. The van der Waals surface area contributed by atoms with E-state index in [9.17, 15) is 0 Å². The molecule has 0 amide bonds. The minimum Gasteiger partial charge on any atom is -0.497 e. The molecule has 1 aromatic rings. The molecule has 0 saturated heterocycles. The topological polar surface area (TPSA) is 9.23 Å². The molecule has 0 aromatic heterocycles. The Kier molecular flexibility index (Phi) is 5.63. The van der Waals surface area contributed by atoms with Crippen LogP contribution in [0.3, 0.4) is 0 Å². The molecule has 0 heterocycles. The molecule has 0 spiro atoms. The van der Waals surface area contributed by atoms with Crippen molar-refractivity contribution in [3.63, 3.8) is 0 Å². The van der Waals surface area contributed by atoms with Gasteiger partial charge in [0, 0.05) is 4.47 Å². The molecule has 2 unspecified atom stereocenters. The minimum atomic E-state index is 0.0558. The zero-order valence-electron chi connectivity index (χ0n) is 9.97. The number of hydrogen-bond acceptors (Lipinski definition) is 1. The highest BCUT2D eigenvalue weighted by Gasteiger charge is 2.18. The molecule has 0 N–H and O–H groups in total. The second-order valence-electron chi connectivity index (χ2n) is 4.06. The van der Waals surface area contributed by atoms with Crippen LogP contribution in [0.4, 0.5) is 0 Å². The molecule has 0 aliphatic carbocycles. The largest absolute Gasteiger partial charge is 0.497 e. The fourth-order valence-corrected chi connectivity index (χ4v) is 2.82. The van der Waals surface area contributed by atoms with Crippen LogP contribution in [0, 0.1) is 5.92 Å². The van der Waals surface area contributed by atoms with Gasteiger partial charge in [0.15, 0.2) is 0 Å². The smallest absolute Gasteiger partial charge is 0.120 e. The van der Waals surface area contributed by atoms with E-state index in [0.29, 0.717) is 5.92 Å². The zero-order chi connectivity index (χ0) is 12.1. The number of alkyl halides is 1. The van der Waals surface area contributed by atoms with Gasteiger partial charge in [-0.05, 0) is 30.0 Å². The van der Waals surface area contributed by atoms with Crippen LogP contribution in [0.15, 0.2) is 22.7 Å². The van der Waals surface area contributed by atoms with Gasteiger partial charge in [-0.1, -0.05) is 42.3 Å². The Labute approximate surface area is 111 Å². The highest BCUT2D eigenvalue weighted by Crippen LogP contribution is 2.37. The molecular weight excluding hydrogens is 287 g/mol. The van der Waals surface area contributed by atoms with Crippen molar-refractivity contribution in [1.82, 2.24) is 0 Å². The normalized spacial score (nSPS) is 14.6. The van der Waals surface area contributed by atoms with Crippen molar-refractivity contribution < 1.29 is 4.74 Å². The van der Waals surface area contributed by atoms with Gasteiger partial charge in [-0.2, -0.15) is 0 Å². The van der Waals surface area contributed by atoms with Crippen LogP contribution in [-0.4, -0.2) is 7.11 Å². The second kappa shape index (κ2) is 6.51. The summed E-state index contributed by atoms with van der Waals surface area (Å²) in [6.45, 7) is 4.38. The van der Waals surface area contributed by atoms with Crippen LogP contribution in [0.1, 0.15) is 37.6 Å². The van der Waals surface area contributed by atoms with Gasteiger partial charge in [0.1, 0.15) is 5.75 Å². The molecule has 1 nitrogen and oxygen atoms in total. The summed E-state index contributed by atoms with van der Waals surface area (Å²) in [5.41, 5.74) is 1.14. The van der Waals surface area contributed by atoms with Crippen molar-refractivity contribution in [2.45, 2.75) is 32.1 Å². The number of hydrogen-bond donors (Lipinski definition) is 0. The lowest BCUT2D eigenvalue weighted by molar-refractivity contribution is 0.414. The van der Waals surface area contributed by atoms with Gasteiger partial charge >= 0.3 is 0 Å². The summed E-state index contributed by atoms with van der Waals surface area (Å²) in [6.07, 6.45) is 2.31. The molecule has 16 heavy (non-hydrogen) atoms. The van der Waals surface area contributed by atoms with E-state index in [4.69, 9.17) is 16.3 Å². The first kappa shape index (κ1) is 13.9. The first-order chi connectivity index (χ1) is 7.60. The standard InChI is InChI=1S/C13H18BrClO/c1-4-5-9(2)13(15)11-7-6-10(16-3)8-12(11)14/h6-9,13H,4-5H2,1-3H3. The molecule has 1 aromatic carbocycles. The third-order valence-electron chi connectivity index (χ3n) is 2.75. The summed E-state index contributed by atoms with van der Waals surface area (Å²) in [4.78, 5) is 0. The van der Waals surface area contributed by atoms with Crippen molar-refractivity contribution in [3.05, 3.63) is 28.2 Å². The SMILES string of the molecule is CCCC(C)C(Cl)c1ccc(OC)cc1Br. The van der Waals surface area contributed by atoms with Crippen LogP contribution in [0.2, 0.25) is 0 Å². The van der Waals surface area contributed by atoms with Gasteiger partial charge in [0.2, 0.25) is 0 Å². The Balaban J connectivity index is 2.87. The zero-order valence-corrected chi connectivity index (χ0v) is 12.3. The lowest BCUT2D eigenvalue weighted by Crippen LogP contribution is -2.04.